The van der Waals surface area contributed by atoms with E-state index in [0.29, 0.717) is 0 Å². The largest absolute Gasteiger partial charge is 0.376 e. The van der Waals surface area contributed by atoms with Crippen LogP contribution in [-0.4, -0.2) is 19.1 Å². The molecule has 1 aromatic carbocycles. The Balaban J connectivity index is 2.75. The molecule has 0 aliphatic carbocycles. The first kappa shape index (κ1) is 8.17. The molecule has 2 nitrogen and oxygen atoms in total. The molecular weight excluding hydrogens is 160 g/mol. The SMILES string of the molecule is Cc1cc2cccc(N(C)C)c2[nH]1. The Morgan fingerprint density at radius 1 is 1.23 bits per heavy atom. The summed E-state index contributed by atoms with van der Waals surface area (Å²) in [5, 5.41) is 1.28. The summed E-state index contributed by atoms with van der Waals surface area (Å²) in [6, 6.07) is 8.51. The molecule has 1 aromatic heterocycles. The lowest BCUT2D eigenvalue weighted by molar-refractivity contribution is 1.13. The number of para-hydroxylation sites is 1. The van der Waals surface area contributed by atoms with Crippen LogP contribution < -0.4 is 4.90 Å². The van der Waals surface area contributed by atoms with Crippen LogP contribution in [0.3, 0.4) is 0 Å². The number of aryl methyl sites for hydroxylation is 1. The molecule has 0 aliphatic heterocycles. The van der Waals surface area contributed by atoms with Crippen LogP contribution >= 0.6 is 0 Å². The summed E-state index contributed by atoms with van der Waals surface area (Å²) in [6.45, 7) is 2.08. The number of fused-ring (bicyclic) bond motifs is 1. The smallest absolute Gasteiger partial charge is 0.0693 e. The van der Waals surface area contributed by atoms with E-state index in [0.717, 1.165) is 0 Å². The number of aromatic nitrogens is 1. The van der Waals surface area contributed by atoms with Crippen LogP contribution in [0, 0.1) is 6.92 Å². The Kier molecular flexibility index (Phi) is 1.76. The lowest BCUT2D eigenvalue weighted by atomic mass is 10.2. The van der Waals surface area contributed by atoms with Gasteiger partial charge < -0.3 is 9.88 Å². The number of hydrogen-bond acceptors (Lipinski definition) is 1. The topological polar surface area (TPSA) is 19.0 Å². The van der Waals surface area contributed by atoms with Gasteiger partial charge in [-0.05, 0) is 19.1 Å². The zero-order valence-corrected chi connectivity index (χ0v) is 8.26. The van der Waals surface area contributed by atoms with Crippen molar-refractivity contribution in [1.82, 2.24) is 4.98 Å². The monoisotopic (exact) mass is 174 g/mol. The molecule has 0 bridgehead atoms. The van der Waals surface area contributed by atoms with Crippen LogP contribution in [0.4, 0.5) is 5.69 Å². The first-order valence-electron chi connectivity index (χ1n) is 4.44. The summed E-state index contributed by atoms with van der Waals surface area (Å²) in [6.07, 6.45) is 0. The molecule has 0 atom stereocenters. The Morgan fingerprint density at radius 3 is 2.69 bits per heavy atom. The van der Waals surface area contributed by atoms with Gasteiger partial charge in [0.1, 0.15) is 0 Å². The Bertz CT molecular complexity index is 427. The average Bonchev–Trinajstić information content (AvgIpc) is 2.43. The summed E-state index contributed by atoms with van der Waals surface area (Å²) in [5.41, 5.74) is 3.68. The first-order chi connectivity index (χ1) is 6.18. The second kappa shape index (κ2) is 2.80. The van der Waals surface area contributed by atoms with E-state index in [9.17, 15) is 0 Å². The lowest BCUT2D eigenvalue weighted by Crippen LogP contribution is -2.08. The minimum absolute atomic E-state index is 1.21. The number of nitrogens with zero attached hydrogens (tertiary/aromatic N) is 1. The Hall–Kier alpha value is -1.44. The molecule has 0 fully saturated rings. The molecule has 1 heterocycles. The van der Waals surface area contributed by atoms with E-state index < -0.39 is 0 Å². The molecule has 2 heteroatoms. The second-order valence-electron chi connectivity index (χ2n) is 3.59. The molecule has 68 valence electrons. The third-order valence-electron chi connectivity index (χ3n) is 2.25. The number of aromatic amines is 1. The Labute approximate surface area is 78.2 Å². The summed E-state index contributed by atoms with van der Waals surface area (Å²) in [4.78, 5) is 5.49. The highest BCUT2D eigenvalue weighted by atomic mass is 15.1. The van der Waals surface area contributed by atoms with Crippen molar-refractivity contribution in [2.75, 3.05) is 19.0 Å². The number of benzene rings is 1. The van der Waals surface area contributed by atoms with Crippen molar-refractivity contribution < 1.29 is 0 Å². The van der Waals surface area contributed by atoms with E-state index in [-0.39, 0.29) is 0 Å². The molecule has 0 aliphatic rings. The van der Waals surface area contributed by atoms with E-state index in [1.165, 1.54) is 22.3 Å². The first-order valence-corrected chi connectivity index (χ1v) is 4.44. The van der Waals surface area contributed by atoms with E-state index in [2.05, 4.69) is 55.2 Å². The third-order valence-corrected chi connectivity index (χ3v) is 2.25. The summed E-state index contributed by atoms with van der Waals surface area (Å²) in [7, 11) is 4.12. The van der Waals surface area contributed by atoms with Crippen molar-refractivity contribution in [3.05, 3.63) is 30.0 Å². The molecule has 13 heavy (non-hydrogen) atoms. The van der Waals surface area contributed by atoms with E-state index in [1.807, 2.05) is 0 Å². The van der Waals surface area contributed by atoms with Crippen molar-refractivity contribution in [2.45, 2.75) is 6.92 Å². The minimum Gasteiger partial charge on any atom is -0.376 e. The number of nitrogens with one attached hydrogen (secondary N) is 1. The molecule has 2 rings (SSSR count). The maximum atomic E-state index is 3.37. The highest BCUT2D eigenvalue weighted by molar-refractivity contribution is 5.91. The fourth-order valence-corrected chi connectivity index (χ4v) is 1.65. The molecule has 0 saturated heterocycles. The van der Waals surface area contributed by atoms with Gasteiger partial charge in [0.2, 0.25) is 0 Å². The van der Waals surface area contributed by atoms with Gasteiger partial charge in [-0.1, -0.05) is 12.1 Å². The highest BCUT2D eigenvalue weighted by Crippen LogP contribution is 2.24. The fraction of sp³-hybridized carbons (Fsp3) is 0.273. The van der Waals surface area contributed by atoms with Gasteiger partial charge >= 0.3 is 0 Å². The second-order valence-corrected chi connectivity index (χ2v) is 3.59. The molecule has 0 saturated carbocycles. The number of hydrogen-bond donors (Lipinski definition) is 1. The maximum absolute atomic E-state index is 3.37. The standard InChI is InChI=1S/C11H14N2/c1-8-7-9-5-4-6-10(13(2)3)11(9)12-8/h4-7,12H,1-3H3. The fourth-order valence-electron chi connectivity index (χ4n) is 1.65. The molecule has 0 radical (unpaired) electrons. The van der Waals surface area contributed by atoms with Crippen molar-refractivity contribution in [2.24, 2.45) is 0 Å². The molecule has 0 amide bonds. The lowest BCUT2D eigenvalue weighted by Gasteiger charge is -2.12. The molecule has 0 spiro atoms. The summed E-state index contributed by atoms with van der Waals surface area (Å²) >= 11 is 0. The maximum Gasteiger partial charge on any atom is 0.0693 e. The van der Waals surface area contributed by atoms with E-state index in [4.69, 9.17) is 0 Å². The van der Waals surface area contributed by atoms with Crippen LogP contribution in [0.2, 0.25) is 0 Å². The zero-order chi connectivity index (χ0) is 9.42. The predicted octanol–water partition coefficient (Wildman–Crippen LogP) is 2.54. The van der Waals surface area contributed by atoms with Crippen molar-refractivity contribution >= 4 is 16.6 Å². The van der Waals surface area contributed by atoms with Gasteiger partial charge in [-0.25, -0.2) is 0 Å². The van der Waals surface area contributed by atoms with Crippen LogP contribution in [0.5, 0.6) is 0 Å². The van der Waals surface area contributed by atoms with Crippen molar-refractivity contribution in [3.8, 4) is 0 Å². The van der Waals surface area contributed by atoms with Crippen LogP contribution in [-0.2, 0) is 0 Å². The zero-order valence-electron chi connectivity index (χ0n) is 8.26. The van der Waals surface area contributed by atoms with Crippen LogP contribution in [0.15, 0.2) is 24.3 Å². The predicted molar refractivity (Wildman–Crippen MR) is 57.4 cm³/mol. The number of H-pyrrole nitrogens is 1. The van der Waals surface area contributed by atoms with Gasteiger partial charge in [-0.15, -0.1) is 0 Å². The molecule has 1 N–H and O–H groups in total. The molecule has 2 aromatic rings. The van der Waals surface area contributed by atoms with Gasteiger partial charge in [0.15, 0.2) is 0 Å². The summed E-state index contributed by atoms with van der Waals surface area (Å²) in [5.74, 6) is 0. The van der Waals surface area contributed by atoms with Crippen molar-refractivity contribution in [3.63, 3.8) is 0 Å². The molecule has 0 unspecified atom stereocenters. The Morgan fingerprint density at radius 2 is 2.00 bits per heavy atom. The van der Waals surface area contributed by atoms with Gasteiger partial charge in [0, 0.05) is 25.2 Å². The van der Waals surface area contributed by atoms with Gasteiger partial charge in [0.05, 0.1) is 11.2 Å². The quantitative estimate of drug-likeness (QED) is 0.704. The normalized spacial score (nSPS) is 10.7. The van der Waals surface area contributed by atoms with Crippen molar-refractivity contribution in [1.29, 1.82) is 0 Å². The van der Waals surface area contributed by atoms with Gasteiger partial charge in [-0.2, -0.15) is 0 Å². The number of anilines is 1. The summed E-state index contributed by atoms with van der Waals surface area (Å²) < 4.78 is 0. The highest BCUT2D eigenvalue weighted by Gasteiger charge is 2.03. The van der Waals surface area contributed by atoms with Gasteiger partial charge in [0.25, 0.3) is 0 Å². The van der Waals surface area contributed by atoms with Gasteiger partial charge in [-0.3, -0.25) is 0 Å². The minimum atomic E-state index is 1.21. The molecular formula is C11H14N2. The average molecular weight is 174 g/mol. The van der Waals surface area contributed by atoms with Crippen LogP contribution in [0.25, 0.3) is 10.9 Å². The van der Waals surface area contributed by atoms with Crippen LogP contribution in [0.1, 0.15) is 5.69 Å². The number of rotatable bonds is 1. The third kappa shape index (κ3) is 1.28. The van der Waals surface area contributed by atoms with E-state index in [1.54, 1.807) is 0 Å². The van der Waals surface area contributed by atoms with E-state index >= 15 is 0 Å².